The van der Waals surface area contributed by atoms with Crippen molar-refractivity contribution in [2.24, 2.45) is 0 Å². The molecule has 0 aromatic heterocycles. The Morgan fingerprint density at radius 2 is 1.85 bits per heavy atom. The highest BCUT2D eigenvalue weighted by Gasteiger charge is 2.18. The summed E-state index contributed by atoms with van der Waals surface area (Å²) in [7, 11) is 0. The first-order valence-electron chi connectivity index (χ1n) is 7.01. The number of hydrogen-bond acceptors (Lipinski definition) is 2. The van der Waals surface area contributed by atoms with Gasteiger partial charge < -0.3 is 10.0 Å². The quantitative estimate of drug-likeness (QED) is 0.917. The van der Waals surface area contributed by atoms with Gasteiger partial charge in [-0.3, -0.25) is 0 Å². The molecular weight excluding hydrogens is 260 g/mol. The van der Waals surface area contributed by atoms with Gasteiger partial charge in [0.2, 0.25) is 0 Å². The molecule has 1 N–H and O–H groups in total. The summed E-state index contributed by atoms with van der Waals surface area (Å²) in [6.07, 6.45) is 1.60. The lowest BCUT2D eigenvalue weighted by atomic mass is 10.0. The Kier molecular flexibility index (Phi) is 4.89. The molecular formula is C16H21F2NO. The zero-order chi connectivity index (χ0) is 14.7. The fourth-order valence-corrected chi connectivity index (χ4v) is 2.50. The van der Waals surface area contributed by atoms with Crippen LogP contribution in [0.2, 0.25) is 0 Å². The first-order valence-corrected chi connectivity index (χ1v) is 7.01. The maximum Gasteiger partial charge on any atom is 0.129 e. The molecule has 110 valence electrons. The van der Waals surface area contributed by atoms with E-state index in [-0.39, 0.29) is 11.7 Å². The molecule has 2 nitrogen and oxygen atoms in total. The van der Waals surface area contributed by atoms with E-state index >= 15 is 0 Å². The van der Waals surface area contributed by atoms with E-state index in [1.165, 1.54) is 12.1 Å². The van der Waals surface area contributed by atoms with Gasteiger partial charge >= 0.3 is 0 Å². The van der Waals surface area contributed by atoms with Crippen molar-refractivity contribution >= 4 is 5.57 Å². The van der Waals surface area contributed by atoms with Crippen molar-refractivity contribution in [3.63, 3.8) is 0 Å². The number of halogens is 2. The second kappa shape index (κ2) is 6.46. The summed E-state index contributed by atoms with van der Waals surface area (Å²) in [6, 6.07) is 2.70. The lowest BCUT2D eigenvalue weighted by Gasteiger charge is -2.29. The second-order valence-corrected chi connectivity index (χ2v) is 5.52. The molecule has 0 unspecified atom stereocenters. The minimum Gasteiger partial charge on any atom is -0.393 e. The average molecular weight is 281 g/mol. The van der Waals surface area contributed by atoms with Crippen molar-refractivity contribution < 1.29 is 13.9 Å². The average Bonchev–Trinajstić information content (AvgIpc) is 2.39. The summed E-state index contributed by atoms with van der Waals surface area (Å²) < 4.78 is 27.9. The zero-order valence-corrected chi connectivity index (χ0v) is 11.8. The summed E-state index contributed by atoms with van der Waals surface area (Å²) >= 11 is 0. The van der Waals surface area contributed by atoms with Crippen LogP contribution in [-0.4, -0.2) is 35.7 Å². The van der Waals surface area contributed by atoms with Crippen LogP contribution < -0.4 is 0 Å². The molecule has 1 aliphatic rings. The van der Waals surface area contributed by atoms with Gasteiger partial charge in [-0.25, -0.2) is 8.78 Å². The van der Waals surface area contributed by atoms with Crippen molar-refractivity contribution in [1.82, 2.24) is 4.90 Å². The number of likely N-dealkylation sites (tertiary alicyclic amines) is 1. The van der Waals surface area contributed by atoms with Crippen LogP contribution in [0.3, 0.4) is 0 Å². The molecule has 4 heteroatoms. The van der Waals surface area contributed by atoms with Crippen molar-refractivity contribution in [3.8, 4) is 0 Å². The Balaban J connectivity index is 2.01. The first kappa shape index (κ1) is 15.1. The normalized spacial score (nSPS) is 17.4. The number of rotatable bonds is 4. The molecule has 1 aromatic rings. The third-order valence-corrected chi connectivity index (χ3v) is 3.87. The number of aliphatic hydroxyl groups is 1. The SMILES string of the molecule is C=C(C)c1cc(F)c(CCN2CCC(O)CC2)c(F)c1. The minimum absolute atomic E-state index is 0.140. The van der Waals surface area contributed by atoms with Gasteiger partial charge in [-0.05, 0) is 43.9 Å². The van der Waals surface area contributed by atoms with Crippen LogP contribution in [0.15, 0.2) is 18.7 Å². The molecule has 1 fully saturated rings. The summed E-state index contributed by atoms with van der Waals surface area (Å²) in [4.78, 5) is 2.14. The highest BCUT2D eigenvalue weighted by atomic mass is 19.1. The van der Waals surface area contributed by atoms with Crippen LogP contribution in [0.25, 0.3) is 5.57 Å². The monoisotopic (exact) mass is 281 g/mol. The summed E-state index contributed by atoms with van der Waals surface area (Å²) in [5, 5.41) is 9.43. The molecule has 1 aromatic carbocycles. The zero-order valence-electron chi connectivity index (χ0n) is 11.8. The first-order chi connectivity index (χ1) is 9.47. The van der Waals surface area contributed by atoms with Crippen LogP contribution in [0.4, 0.5) is 8.78 Å². The predicted octanol–water partition coefficient (Wildman–Crippen LogP) is 3.00. The molecule has 0 bridgehead atoms. The topological polar surface area (TPSA) is 23.5 Å². The fourth-order valence-electron chi connectivity index (χ4n) is 2.50. The molecule has 0 aliphatic carbocycles. The number of piperidine rings is 1. The molecule has 0 atom stereocenters. The standard InChI is InChI=1S/C16H21F2NO/c1-11(2)12-9-15(17)14(16(18)10-12)5-8-19-6-3-13(20)4-7-19/h9-10,13,20H,1,3-8H2,2H3. The van der Waals surface area contributed by atoms with Crippen molar-refractivity contribution in [2.45, 2.75) is 32.3 Å². The van der Waals surface area contributed by atoms with Gasteiger partial charge in [0.25, 0.3) is 0 Å². The van der Waals surface area contributed by atoms with E-state index in [0.717, 1.165) is 25.9 Å². The van der Waals surface area contributed by atoms with Crippen molar-refractivity contribution in [3.05, 3.63) is 41.5 Å². The molecule has 2 rings (SSSR count). The van der Waals surface area contributed by atoms with Crippen LogP contribution >= 0.6 is 0 Å². The van der Waals surface area contributed by atoms with Crippen LogP contribution in [0.5, 0.6) is 0 Å². The smallest absolute Gasteiger partial charge is 0.129 e. The van der Waals surface area contributed by atoms with Gasteiger partial charge in [-0.15, -0.1) is 0 Å². The molecule has 1 aliphatic heterocycles. The molecule has 20 heavy (non-hydrogen) atoms. The van der Waals surface area contributed by atoms with E-state index < -0.39 is 11.6 Å². The molecule has 0 amide bonds. The lowest BCUT2D eigenvalue weighted by molar-refractivity contribution is 0.0830. The van der Waals surface area contributed by atoms with E-state index in [1.807, 2.05) is 0 Å². The van der Waals surface area contributed by atoms with Crippen molar-refractivity contribution in [1.29, 1.82) is 0 Å². The Bertz CT molecular complexity index is 470. The number of nitrogens with zero attached hydrogens (tertiary/aromatic N) is 1. The summed E-state index contributed by atoms with van der Waals surface area (Å²) in [5.41, 5.74) is 1.30. The third-order valence-electron chi connectivity index (χ3n) is 3.87. The molecule has 1 heterocycles. The Labute approximate surface area is 118 Å². The van der Waals surface area contributed by atoms with E-state index in [1.54, 1.807) is 6.92 Å². The summed E-state index contributed by atoms with van der Waals surface area (Å²) in [6.45, 7) is 7.62. The third kappa shape index (κ3) is 3.64. The van der Waals surface area contributed by atoms with Crippen LogP contribution in [0, 0.1) is 11.6 Å². The maximum atomic E-state index is 13.9. The lowest BCUT2D eigenvalue weighted by Crippen LogP contribution is -2.37. The highest BCUT2D eigenvalue weighted by Crippen LogP contribution is 2.21. The van der Waals surface area contributed by atoms with Gasteiger partial charge in [0.05, 0.1) is 6.10 Å². The Morgan fingerprint density at radius 1 is 1.30 bits per heavy atom. The maximum absolute atomic E-state index is 13.9. The van der Waals surface area contributed by atoms with Crippen LogP contribution in [-0.2, 0) is 6.42 Å². The van der Waals surface area contributed by atoms with E-state index in [0.29, 0.717) is 24.1 Å². The largest absolute Gasteiger partial charge is 0.393 e. The molecule has 0 spiro atoms. The molecule has 0 saturated carbocycles. The number of aliphatic hydroxyl groups excluding tert-OH is 1. The number of hydrogen-bond donors (Lipinski definition) is 1. The van der Waals surface area contributed by atoms with Gasteiger partial charge in [-0.1, -0.05) is 12.2 Å². The molecule has 1 saturated heterocycles. The van der Waals surface area contributed by atoms with Crippen molar-refractivity contribution in [2.75, 3.05) is 19.6 Å². The van der Waals surface area contributed by atoms with Gasteiger partial charge in [0.1, 0.15) is 11.6 Å². The van der Waals surface area contributed by atoms with Gasteiger partial charge in [0.15, 0.2) is 0 Å². The van der Waals surface area contributed by atoms with Gasteiger partial charge in [0, 0.05) is 25.2 Å². The number of benzene rings is 1. The highest BCUT2D eigenvalue weighted by molar-refractivity contribution is 5.61. The van der Waals surface area contributed by atoms with Crippen LogP contribution in [0.1, 0.15) is 30.9 Å². The minimum atomic E-state index is -0.500. The van der Waals surface area contributed by atoms with E-state index in [2.05, 4.69) is 11.5 Å². The predicted molar refractivity (Wildman–Crippen MR) is 76.5 cm³/mol. The fraction of sp³-hybridized carbons (Fsp3) is 0.500. The Morgan fingerprint density at radius 3 is 2.35 bits per heavy atom. The van der Waals surface area contributed by atoms with E-state index in [9.17, 15) is 13.9 Å². The summed E-state index contributed by atoms with van der Waals surface area (Å²) in [5.74, 6) is -1.000. The van der Waals surface area contributed by atoms with E-state index in [4.69, 9.17) is 0 Å². The number of allylic oxidation sites excluding steroid dienone is 1. The second-order valence-electron chi connectivity index (χ2n) is 5.52. The Hall–Kier alpha value is -1.26. The van der Waals surface area contributed by atoms with Gasteiger partial charge in [-0.2, -0.15) is 0 Å². The molecule has 0 radical (unpaired) electrons.